The molecule has 0 aliphatic carbocycles. The topological polar surface area (TPSA) is 60.7 Å². The highest BCUT2D eigenvalue weighted by Gasteiger charge is 2.30. The normalized spacial score (nSPS) is 10.0. The van der Waals surface area contributed by atoms with Crippen molar-refractivity contribution in [1.82, 2.24) is 0 Å². The third-order valence-electron chi connectivity index (χ3n) is 2.09. The summed E-state index contributed by atoms with van der Waals surface area (Å²) >= 11 is 0. The number of furan rings is 1. The molecular formula is C12H10N2O. The van der Waals surface area contributed by atoms with Crippen LogP contribution in [0.3, 0.4) is 0 Å². The summed E-state index contributed by atoms with van der Waals surface area (Å²) < 4.78 is 5.20. The van der Waals surface area contributed by atoms with Crippen molar-refractivity contribution in [1.29, 1.82) is 10.5 Å². The third-order valence-corrected chi connectivity index (χ3v) is 2.09. The Hall–Kier alpha value is -2.18. The molecule has 0 saturated carbocycles. The van der Waals surface area contributed by atoms with Crippen LogP contribution in [0, 0.1) is 47.3 Å². The Bertz CT molecular complexity index is 451. The molecule has 0 aromatic carbocycles. The van der Waals surface area contributed by atoms with Crippen LogP contribution in [0.1, 0.15) is 17.7 Å². The van der Waals surface area contributed by atoms with Crippen LogP contribution in [0.4, 0.5) is 0 Å². The largest absolute Gasteiger partial charge is 0.469 e. The number of nitriles is 2. The van der Waals surface area contributed by atoms with Gasteiger partial charge in [0.15, 0.2) is 5.41 Å². The molecule has 1 rings (SSSR count). The quantitative estimate of drug-likeness (QED) is 0.699. The highest BCUT2D eigenvalue weighted by molar-refractivity contribution is 5.23. The summed E-state index contributed by atoms with van der Waals surface area (Å²) in [4.78, 5) is 0. The standard InChI is InChI=1S/C12H10N2O/c1-3-4-12(8-13,9-14)6-11-5-10(2)7-15-11/h1,5,7H,4,6H2,2H3. The van der Waals surface area contributed by atoms with Gasteiger partial charge in [0.1, 0.15) is 5.76 Å². The van der Waals surface area contributed by atoms with Crippen LogP contribution in [0.5, 0.6) is 0 Å². The molecule has 0 amide bonds. The van der Waals surface area contributed by atoms with Gasteiger partial charge < -0.3 is 4.42 Å². The fourth-order valence-corrected chi connectivity index (χ4v) is 1.30. The van der Waals surface area contributed by atoms with Crippen LogP contribution in [0.2, 0.25) is 0 Å². The summed E-state index contributed by atoms with van der Waals surface area (Å²) in [6.07, 6.45) is 7.07. The van der Waals surface area contributed by atoms with Gasteiger partial charge in [0.25, 0.3) is 0 Å². The average molecular weight is 198 g/mol. The predicted octanol–water partition coefficient (Wildman–Crippen LogP) is 2.19. The second-order valence-electron chi connectivity index (χ2n) is 3.45. The van der Waals surface area contributed by atoms with Gasteiger partial charge in [-0.1, -0.05) is 0 Å². The SMILES string of the molecule is C#CCC(C#N)(C#N)Cc1cc(C)co1. The van der Waals surface area contributed by atoms with Crippen molar-refractivity contribution in [3.05, 3.63) is 23.7 Å². The van der Waals surface area contributed by atoms with Gasteiger partial charge in [-0.05, 0) is 18.6 Å². The molecule has 1 heterocycles. The molecule has 1 aromatic rings. The number of aryl methyl sites for hydroxylation is 1. The molecule has 0 fully saturated rings. The lowest BCUT2D eigenvalue weighted by molar-refractivity contribution is 0.435. The van der Waals surface area contributed by atoms with Crippen LogP contribution in [-0.2, 0) is 6.42 Å². The zero-order valence-corrected chi connectivity index (χ0v) is 8.45. The van der Waals surface area contributed by atoms with Gasteiger partial charge in [0, 0.05) is 12.8 Å². The molecule has 0 unspecified atom stereocenters. The molecule has 0 bridgehead atoms. The van der Waals surface area contributed by atoms with Crippen LogP contribution in [0.25, 0.3) is 0 Å². The zero-order valence-electron chi connectivity index (χ0n) is 8.45. The Kier molecular flexibility index (Phi) is 3.17. The molecule has 0 aliphatic heterocycles. The Morgan fingerprint density at radius 3 is 2.53 bits per heavy atom. The number of rotatable bonds is 3. The molecule has 15 heavy (non-hydrogen) atoms. The number of terminal acetylenes is 1. The van der Waals surface area contributed by atoms with Crippen molar-refractivity contribution in [3.63, 3.8) is 0 Å². The Morgan fingerprint density at radius 2 is 2.13 bits per heavy atom. The van der Waals surface area contributed by atoms with Crippen molar-refractivity contribution in [3.8, 4) is 24.5 Å². The molecular weight excluding hydrogens is 188 g/mol. The summed E-state index contributed by atoms with van der Waals surface area (Å²) in [5.74, 6) is 2.97. The molecule has 0 radical (unpaired) electrons. The first-order valence-electron chi connectivity index (χ1n) is 4.46. The Morgan fingerprint density at radius 1 is 1.47 bits per heavy atom. The van der Waals surface area contributed by atoms with Crippen molar-refractivity contribution in [2.75, 3.05) is 0 Å². The molecule has 0 N–H and O–H groups in total. The van der Waals surface area contributed by atoms with Gasteiger partial charge in [-0.25, -0.2) is 0 Å². The van der Waals surface area contributed by atoms with Gasteiger partial charge in [-0.15, -0.1) is 12.3 Å². The fraction of sp³-hybridized carbons (Fsp3) is 0.333. The first kappa shape index (κ1) is 10.9. The smallest absolute Gasteiger partial charge is 0.161 e. The maximum atomic E-state index is 8.97. The lowest BCUT2D eigenvalue weighted by Crippen LogP contribution is -2.18. The number of hydrogen-bond acceptors (Lipinski definition) is 3. The molecule has 0 aliphatic rings. The Labute approximate surface area is 88.9 Å². The lowest BCUT2D eigenvalue weighted by Gasteiger charge is -2.12. The van der Waals surface area contributed by atoms with Gasteiger partial charge in [0.05, 0.1) is 18.4 Å². The monoisotopic (exact) mass is 198 g/mol. The van der Waals surface area contributed by atoms with E-state index in [9.17, 15) is 0 Å². The molecule has 3 nitrogen and oxygen atoms in total. The van der Waals surface area contributed by atoms with E-state index in [0.29, 0.717) is 5.76 Å². The molecule has 0 spiro atoms. The molecule has 0 atom stereocenters. The van der Waals surface area contributed by atoms with E-state index in [1.165, 1.54) is 0 Å². The van der Waals surface area contributed by atoms with Gasteiger partial charge in [-0.3, -0.25) is 0 Å². The Balaban J connectivity index is 2.91. The van der Waals surface area contributed by atoms with Crippen LogP contribution >= 0.6 is 0 Å². The van der Waals surface area contributed by atoms with E-state index >= 15 is 0 Å². The van der Waals surface area contributed by atoms with Gasteiger partial charge in [0.2, 0.25) is 0 Å². The minimum atomic E-state index is -1.17. The predicted molar refractivity (Wildman–Crippen MR) is 54.3 cm³/mol. The summed E-state index contributed by atoms with van der Waals surface area (Å²) in [5.41, 5.74) is -0.200. The summed E-state index contributed by atoms with van der Waals surface area (Å²) in [7, 11) is 0. The van der Waals surface area contributed by atoms with Crippen LogP contribution in [-0.4, -0.2) is 0 Å². The van der Waals surface area contributed by atoms with Crippen LogP contribution in [0.15, 0.2) is 16.7 Å². The zero-order chi connectivity index (χ0) is 11.3. The maximum absolute atomic E-state index is 8.97. The first-order valence-corrected chi connectivity index (χ1v) is 4.46. The van der Waals surface area contributed by atoms with Gasteiger partial charge >= 0.3 is 0 Å². The second-order valence-corrected chi connectivity index (χ2v) is 3.45. The maximum Gasteiger partial charge on any atom is 0.161 e. The highest BCUT2D eigenvalue weighted by Crippen LogP contribution is 2.26. The minimum Gasteiger partial charge on any atom is -0.469 e. The van der Waals surface area contributed by atoms with E-state index in [-0.39, 0.29) is 12.8 Å². The summed E-state index contributed by atoms with van der Waals surface area (Å²) in [5, 5.41) is 17.9. The van der Waals surface area contributed by atoms with Gasteiger partial charge in [-0.2, -0.15) is 10.5 Å². The first-order chi connectivity index (χ1) is 7.15. The van der Waals surface area contributed by atoms with E-state index in [2.05, 4.69) is 5.92 Å². The highest BCUT2D eigenvalue weighted by atomic mass is 16.3. The van der Waals surface area contributed by atoms with Crippen LogP contribution < -0.4 is 0 Å². The van der Waals surface area contributed by atoms with E-state index in [0.717, 1.165) is 5.56 Å². The third kappa shape index (κ3) is 2.39. The van der Waals surface area contributed by atoms with Crippen molar-refractivity contribution < 1.29 is 4.42 Å². The number of nitrogens with zero attached hydrogens (tertiary/aromatic N) is 2. The average Bonchev–Trinajstić information content (AvgIpc) is 2.63. The summed E-state index contributed by atoms with van der Waals surface area (Å²) in [6, 6.07) is 5.73. The summed E-state index contributed by atoms with van der Waals surface area (Å²) in [6.45, 7) is 1.88. The van der Waals surface area contributed by atoms with E-state index in [1.807, 2.05) is 19.1 Å². The van der Waals surface area contributed by atoms with E-state index in [1.54, 1.807) is 12.3 Å². The molecule has 74 valence electrons. The van der Waals surface area contributed by atoms with Crippen molar-refractivity contribution in [2.24, 2.45) is 5.41 Å². The fourth-order valence-electron chi connectivity index (χ4n) is 1.30. The molecule has 1 aromatic heterocycles. The number of hydrogen-bond donors (Lipinski definition) is 0. The lowest BCUT2D eigenvalue weighted by atomic mass is 9.83. The molecule has 3 heteroatoms. The minimum absolute atomic E-state index is 0.111. The second kappa shape index (κ2) is 4.36. The van der Waals surface area contributed by atoms with Crippen molar-refractivity contribution in [2.45, 2.75) is 19.8 Å². The van der Waals surface area contributed by atoms with Crippen molar-refractivity contribution >= 4 is 0 Å². The van der Waals surface area contributed by atoms with E-state index in [4.69, 9.17) is 21.4 Å². The van der Waals surface area contributed by atoms with E-state index < -0.39 is 5.41 Å². The molecule has 0 saturated heterocycles.